The number of carbonyl (C=O) groups is 2. The van der Waals surface area contributed by atoms with Crippen molar-refractivity contribution in [1.29, 1.82) is 0 Å². The number of aliphatic hydroxyl groups excluding tert-OH is 1. The van der Waals surface area contributed by atoms with E-state index in [0.29, 0.717) is 15.8 Å². The second-order valence-electron chi connectivity index (χ2n) is 6.93. The first-order valence-electron chi connectivity index (χ1n) is 9.24. The van der Waals surface area contributed by atoms with Gasteiger partial charge < -0.3 is 9.52 Å². The van der Waals surface area contributed by atoms with Gasteiger partial charge in [-0.25, -0.2) is 8.78 Å². The first-order chi connectivity index (χ1) is 15.0. The second-order valence-corrected chi connectivity index (χ2v) is 7.91. The first kappa shape index (κ1) is 19.2. The Balaban J connectivity index is 1.65. The van der Waals surface area contributed by atoms with Crippen LogP contribution < -0.4 is 4.90 Å². The van der Waals surface area contributed by atoms with E-state index in [-0.39, 0.29) is 17.0 Å². The van der Waals surface area contributed by atoms with Crippen molar-refractivity contribution in [2.45, 2.75) is 6.04 Å². The molecule has 0 bridgehead atoms. The molecule has 3 heterocycles. The summed E-state index contributed by atoms with van der Waals surface area (Å²) in [6.07, 6.45) is 0. The monoisotopic (exact) mass is 437 g/mol. The minimum Gasteiger partial charge on any atom is -0.503 e. The van der Waals surface area contributed by atoms with E-state index in [1.54, 1.807) is 41.8 Å². The highest BCUT2D eigenvalue weighted by molar-refractivity contribution is 7.10. The van der Waals surface area contributed by atoms with Crippen LogP contribution in [0.2, 0.25) is 0 Å². The minimum atomic E-state index is -1.15. The fourth-order valence-corrected chi connectivity index (χ4v) is 4.50. The summed E-state index contributed by atoms with van der Waals surface area (Å²) in [5.41, 5.74) is 0.317. The molecule has 1 N–H and O–H groups in total. The molecule has 1 aliphatic heterocycles. The second kappa shape index (κ2) is 7.17. The van der Waals surface area contributed by atoms with Crippen molar-refractivity contribution in [2.24, 2.45) is 0 Å². The smallest absolute Gasteiger partial charge is 0.294 e. The number of ketones is 1. The number of halogens is 2. The highest BCUT2D eigenvalue weighted by Crippen LogP contribution is 2.43. The Kier molecular flexibility index (Phi) is 4.44. The van der Waals surface area contributed by atoms with E-state index in [1.165, 1.54) is 23.5 Å². The number of nitrogens with zero attached hydrogens (tertiary/aromatic N) is 1. The normalized spacial score (nSPS) is 16.5. The Hall–Kier alpha value is -3.78. The van der Waals surface area contributed by atoms with Crippen molar-refractivity contribution in [3.63, 3.8) is 0 Å². The fraction of sp³-hybridized carbons (Fsp3) is 0.0435. The van der Waals surface area contributed by atoms with E-state index < -0.39 is 35.1 Å². The maximum atomic E-state index is 13.9. The summed E-state index contributed by atoms with van der Waals surface area (Å²) in [6, 6.07) is 13.9. The van der Waals surface area contributed by atoms with Crippen LogP contribution in [0.15, 0.2) is 81.8 Å². The van der Waals surface area contributed by atoms with Gasteiger partial charge in [-0.2, -0.15) is 0 Å². The van der Waals surface area contributed by atoms with Crippen LogP contribution in [0.4, 0.5) is 14.5 Å². The van der Waals surface area contributed by atoms with Crippen LogP contribution in [0.1, 0.15) is 21.5 Å². The summed E-state index contributed by atoms with van der Waals surface area (Å²) in [6.45, 7) is 0. The zero-order valence-corrected chi connectivity index (χ0v) is 16.5. The van der Waals surface area contributed by atoms with Crippen LogP contribution in [0.25, 0.3) is 11.0 Å². The molecule has 0 radical (unpaired) electrons. The Morgan fingerprint density at radius 1 is 1.03 bits per heavy atom. The number of para-hydroxylation sites is 1. The highest BCUT2D eigenvalue weighted by Gasteiger charge is 2.46. The SMILES string of the molecule is O=C(C1=C(O)C(=O)N(c2ccc(F)c(F)c2)C1c1cccs1)c1cc2ccccc2o1. The molecule has 8 heteroatoms. The van der Waals surface area contributed by atoms with Crippen LogP contribution in [0.3, 0.4) is 0 Å². The lowest BCUT2D eigenvalue weighted by Crippen LogP contribution is -2.30. The van der Waals surface area contributed by atoms with Crippen LogP contribution in [-0.4, -0.2) is 16.8 Å². The van der Waals surface area contributed by atoms with E-state index in [1.807, 2.05) is 0 Å². The van der Waals surface area contributed by atoms with Gasteiger partial charge in [0, 0.05) is 22.0 Å². The molecule has 0 saturated carbocycles. The summed E-state index contributed by atoms with van der Waals surface area (Å²) in [7, 11) is 0. The summed E-state index contributed by atoms with van der Waals surface area (Å²) in [5, 5.41) is 13.1. The number of carbonyl (C=O) groups excluding carboxylic acids is 2. The number of rotatable bonds is 4. The Morgan fingerprint density at radius 2 is 1.84 bits per heavy atom. The van der Waals surface area contributed by atoms with Crippen molar-refractivity contribution in [3.05, 3.63) is 99.6 Å². The highest BCUT2D eigenvalue weighted by atomic mass is 32.1. The summed E-state index contributed by atoms with van der Waals surface area (Å²) in [4.78, 5) is 28.0. The topological polar surface area (TPSA) is 70.8 Å². The largest absolute Gasteiger partial charge is 0.503 e. The molecule has 0 aliphatic carbocycles. The lowest BCUT2D eigenvalue weighted by Gasteiger charge is -2.25. The predicted molar refractivity (Wildman–Crippen MR) is 111 cm³/mol. The van der Waals surface area contributed by atoms with Crippen molar-refractivity contribution in [3.8, 4) is 0 Å². The maximum absolute atomic E-state index is 13.9. The number of anilines is 1. The van der Waals surface area contributed by atoms with Gasteiger partial charge >= 0.3 is 0 Å². The van der Waals surface area contributed by atoms with Gasteiger partial charge in [0.2, 0.25) is 5.78 Å². The molecule has 1 unspecified atom stereocenters. The molecule has 5 nitrogen and oxygen atoms in total. The van der Waals surface area contributed by atoms with Gasteiger partial charge in [0.05, 0.1) is 5.57 Å². The number of furan rings is 1. The van der Waals surface area contributed by atoms with Crippen LogP contribution in [0.5, 0.6) is 0 Å². The minimum absolute atomic E-state index is 0.0151. The number of aliphatic hydroxyl groups is 1. The van der Waals surface area contributed by atoms with Crippen molar-refractivity contribution >= 4 is 39.7 Å². The van der Waals surface area contributed by atoms with Gasteiger partial charge in [-0.05, 0) is 35.7 Å². The van der Waals surface area contributed by atoms with E-state index >= 15 is 0 Å². The molecular formula is C23H13F2NO4S. The molecular weight excluding hydrogens is 424 g/mol. The predicted octanol–water partition coefficient (Wildman–Crippen LogP) is 5.56. The summed E-state index contributed by atoms with van der Waals surface area (Å²) in [5.74, 6) is -4.56. The molecule has 2 aromatic heterocycles. The van der Waals surface area contributed by atoms with Gasteiger partial charge in [-0.15, -0.1) is 11.3 Å². The molecule has 4 aromatic rings. The lowest BCUT2D eigenvalue weighted by atomic mass is 10.00. The Labute approximate surface area is 178 Å². The molecule has 31 heavy (non-hydrogen) atoms. The van der Waals surface area contributed by atoms with Crippen LogP contribution >= 0.6 is 11.3 Å². The van der Waals surface area contributed by atoms with Crippen LogP contribution in [0, 0.1) is 11.6 Å². The van der Waals surface area contributed by atoms with Gasteiger partial charge in [0.15, 0.2) is 23.2 Å². The molecule has 2 aromatic carbocycles. The number of hydrogen-bond acceptors (Lipinski definition) is 5. The third kappa shape index (κ3) is 3.03. The quantitative estimate of drug-likeness (QED) is 0.425. The number of thiophene rings is 1. The van der Waals surface area contributed by atoms with Gasteiger partial charge in [0.25, 0.3) is 5.91 Å². The Morgan fingerprint density at radius 3 is 2.55 bits per heavy atom. The number of fused-ring (bicyclic) bond motifs is 1. The number of amides is 1. The molecule has 0 saturated heterocycles. The lowest BCUT2D eigenvalue weighted by molar-refractivity contribution is -0.117. The zero-order valence-electron chi connectivity index (χ0n) is 15.7. The summed E-state index contributed by atoms with van der Waals surface area (Å²) < 4.78 is 33.0. The standard InChI is InChI=1S/C23H13F2NO4S/c24-14-8-7-13(11-15(14)25)26-20(18-6-3-9-31-18)19(22(28)23(26)29)21(27)17-10-12-4-1-2-5-16(12)30-17/h1-11,20,28H. The first-order valence-corrected chi connectivity index (χ1v) is 10.1. The average Bonchev–Trinajstić information content (AvgIpc) is 3.49. The third-order valence-corrected chi connectivity index (χ3v) is 6.02. The maximum Gasteiger partial charge on any atom is 0.294 e. The molecule has 154 valence electrons. The fourth-order valence-electron chi connectivity index (χ4n) is 3.68. The number of Topliss-reactive ketones (excluding diaryl/α,β-unsaturated/α-hetero) is 1. The van der Waals surface area contributed by atoms with Crippen molar-refractivity contribution in [2.75, 3.05) is 4.90 Å². The van der Waals surface area contributed by atoms with Gasteiger partial charge in [-0.1, -0.05) is 24.3 Å². The van der Waals surface area contributed by atoms with Crippen molar-refractivity contribution in [1.82, 2.24) is 0 Å². The zero-order chi connectivity index (χ0) is 21.7. The van der Waals surface area contributed by atoms with E-state index in [2.05, 4.69) is 0 Å². The Bertz CT molecular complexity index is 1340. The van der Waals surface area contributed by atoms with E-state index in [4.69, 9.17) is 4.42 Å². The molecule has 1 amide bonds. The third-order valence-electron chi connectivity index (χ3n) is 5.10. The van der Waals surface area contributed by atoms with Gasteiger partial charge in [0.1, 0.15) is 11.6 Å². The van der Waals surface area contributed by atoms with E-state index in [9.17, 15) is 23.5 Å². The van der Waals surface area contributed by atoms with E-state index in [0.717, 1.165) is 17.0 Å². The van der Waals surface area contributed by atoms with Crippen molar-refractivity contribution < 1.29 is 27.9 Å². The van der Waals surface area contributed by atoms with Crippen LogP contribution in [-0.2, 0) is 4.79 Å². The molecule has 1 atom stereocenters. The molecule has 1 aliphatic rings. The molecule has 0 fully saturated rings. The number of hydrogen-bond donors (Lipinski definition) is 1. The van der Waals surface area contributed by atoms with Gasteiger partial charge in [-0.3, -0.25) is 14.5 Å². The molecule has 0 spiro atoms. The molecule has 5 rings (SSSR count). The number of benzene rings is 2. The summed E-state index contributed by atoms with van der Waals surface area (Å²) >= 11 is 1.26. The average molecular weight is 437 g/mol.